The van der Waals surface area contributed by atoms with Gasteiger partial charge in [0.25, 0.3) is 0 Å². The van der Waals surface area contributed by atoms with Gasteiger partial charge in [0.15, 0.2) is 0 Å². The first-order chi connectivity index (χ1) is 8.81. The van der Waals surface area contributed by atoms with Crippen molar-refractivity contribution in [2.24, 2.45) is 11.3 Å². The van der Waals surface area contributed by atoms with Crippen LogP contribution >= 0.6 is 23.2 Å². The Morgan fingerprint density at radius 1 is 1.32 bits per heavy atom. The number of hydrogen-bond donors (Lipinski definition) is 2. The van der Waals surface area contributed by atoms with Crippen molar-refractivity contribution in [3.05, 3.63) is 33.8 Å². The molecule has 2 atom stereocenters. The molecule has 1 rings (SSSR count). The van der Waals surface area contributed by atoms with E-state index in [4.69, 9.17) is 33.8 Å². The second-order valence-corrected chi connectivity index (χ2v) is 6.40. The summed E-state index contributed by atoms with van der Waals surface area (Å²) in [6, 6.07) is 5.14. The quantitative estimate of drug-likeness (QED) is 0.639. The molecule has 19 heavy (non-hydrogen) atoms. The van der Waals surface area contributed by atoms with E-state index in [1.807, 2.05) is 13.0 Å². The molecule has 0 fully saturated rings. The fraction of sp³-hybridized carbons (Fsp3) is 0.571. The molecule has 2 unspecified atom stereocenters. The van der Waals surface area contributed by atoms with Gasteiger partial charge in [-0.3, -0.25) is 11.3 Å². The summed E-state index contributed by atoms with van der Waals surface area (Å²) in [5.41, 5.74) is 3.58. The Labute approximate surface area is 125 Å². The molecule has 3 nitrogen and oxygen atoms in total. The minimum atomic E-state index is -0.217. The minimum Gasteiger partial charge on any atom is -0.376 e. The van der Waals surface area contributed by atoms with Gasteiger partial charge < -0.3 is 4.74 Å². The number of benzene rings is 1. The molecule has 0 spiro atoms. The summed E-state index contributed by atoms with van der Waals surface area (Å²) in [5.74, 6) is 5.72. The third-order valence-corrected chi connectivity index (χ3v) is 3.55. The first kappa shape index (κ1) is 16.7. The van der Waals surface area contributed by atoms with Crippen LogP contribution < -0.4 is 11.3 Å². The van der Waals surface area contributed by atoms with Crippen molar-refractivity contribution < 1.29 is 4.74 Å². The Morgan fingerprint density at radius 2 is 1.95 bits per heavy atom. The van der Waals surface area contributed by atoms with E-state index in [2.05, 4.69) is 26.2 Å². The summed E-state index contributed by atoms with van der Waals surface area (Å²) in [7, 11) is 0. The molecule has 1 aromatic carbocycles. The molecule has 0 aromatic heterocycles. The molecule has 0 aliphatic rings. The van der Waals surface area contributed by atoms with E-state index in [1.54, 1.807) is 12.1 Å². The maximum absolute atomic E-state index is 6.25. The van der Waals surface area contributed by atoms with E-state index < -0.39 is 0 Å². The average Bonchev–Trinajstić information content (AvgIpc) is 2.32. The highest BCUT2D eigenvalue weighted by Gasteiger charge is 2.34. The zero-order valence-corrected chi connectivity index (χ0v) is 13.3. The van der Waals surface area contributed by atoms with Gasteiger partial charge in [-0.25, -0.2) is 0 Å². The standard InChI is InChI=1S/C14H22Cl2N2O/c1-5-19-13(14(2,3)4)12(18-17)10-8-9(15)6-7-11(10)16/h6-8,12-13,18H,5,17H2,1-4H3. The molecule has 3 N–H and O–H groups in total. The summed E-state index contributed by atoms with van der Waals surface area (Å²) in [6.07, 6.45) is -0.113. The molecule has 5 heteroatoms. The van der Waals surface area contributed by atoms with Crippen LogP contribution in [-0.2, 0) is 4.74 Å². The Bertz CT molecular complexity index is 418. The maximum Gasteiger partial charge on any atom is 0.0831 e. The highest BCUT2D eigenvalue weighted by molar-refractivity contribution is 6.33. The first-order valence-electron chi connectivity index (χ1n) is 6.34. The normalized spacial score (nSPS) is 15.3. The molecule has 0 saturated carbocycles. The lowest BCUT2D eigenvalue weighted by Gasteiger charge is -2.37. The Hall–Kier alpha value is -0.320. The van der Waals surface area contributed by atoms with Crippen LogP contribution in [0.15, 0.2) is 18.2 Å². The second kappa shape index (κ2) is 6.91. The summed E-state index contributed by atoms with van der Waals surface area (Å²) >= 11 is 12.3. The summed E-state index contributed by atoms with van der Waals surface area (Å²) in [6.45, 7) is 8.90. The molecule has 0 saturated heterocycles. The van der Waals surface area contributed by atoms with Crippen LogP contribution in [0, 0.1) is 5.41 Å². The van der Waals surface area contributed by atoms with E-state index in [-0.39, 0.29) is 17.6 Å². The monoisotopic (exact) mass is 304 g/mol. The SMILES string of the molecule is CCOC(C(NN)c1cc(Cl)ccc1Cl)C(C)(C)C. The van der Waals surface area contributed by atoms with Crippen molar-refractivity contribution >= 4 is 23.2 Å². The first-order valence-corrected chi connectivity index (χ1v) is 7.09. The summed E-state index contributed by atoms with van der Waals surface area (Å²) < 4.78 is 5.86. The van der Waals surface area contributed by atoms with Gasteiger partial charge in [-0.1, -0.05) is 44.0 Å². The zero-order chi connectivity index (χ0) is 14.6. The smallest absolute Gasteiger partial charge is 0.0831 e. The van der Waals surface area contributed by atoms with Crippen LogP contribution in [0.1, 0.15) is 39.3 Å². The zero-order valence-electron chi connectivity index (χ0n) is 11.8. The van der Waals surface area contributed by atoms with Crippen LogP contribution in [0.25, 0.3) is 0 Å². The van der Waals surface area contributed by atoms with Crippen LogP contribution in [0.5, 0.6) is 0 Å². The molecule has 0 bridgehead atoms. The van der Waals surface area contributed by atoms with E-state index in [0.29, 0.717) is 16.7 Å². The van der Waals surface area contributed by atoms with E-state index in [0.717, 1.165) is 5.56 Å². The largest absolute Gasteiger partial charge is 0.376 e. The topological polar surface area (TPSA) is 47.3 Å². The number of nitrogens with two attached hydrogens (primary N) is 1. The predicted octanol–water partition coefficient (Wildman–Crippen LogP) is 3.95. The third kappa shape index (κ3) is 4.33. The molecule has 108 valence electrons. The van der Waals surface area contributed by atoms with Crippen LogP contribution in [0.3, 0.4) is 0 Å². The van der Waals surface area contributed by atoms with Crippen molar-refractivity contribution in [3.63, 3.8) is 0 Å². The molecular formula is C14H22Cl2N2O. The molecule has 0 aliphatic heterocycles. The summed E-state index contributed by atoms with van der Waals surface area (Å²) in [5, 5.41) is 1.25. The Balaban J connectivity index is 3.19. The van der Waals surface area contributed by atoms with Gasteiger partial charge in [-0.2, -0.15) is 0 Å². The lowest BCUT2D eigenvalue weighted by atomic mass is 9.82. The van der Waals surface area contributed by atoms with Gasteiger partial charge >= 0.3 is 0 Å². The molecule has 0 amide bonds. The average molecular weight is 305 g/mol. The van der Waals surface area contributed by atoms with Crippen molar-refractivity contribution in [3.8, 4) is 0 Å². The Morgan fingerprint density at radius 3 is 2.42 bits per heavy atom. The highest BCUT2D eigenvalue weighted by atomic mass is 35.5. The number of nitrogens with one attached hydrogen (secondary N) is 1. The number of rotatable bonds is 5. The van der Waals surface area contributed by atoms with Gasteiger partial charge in [0, 0.05) is 16.7 Å². The lowest BCUT2D eigenvalue weighted by Crippen LogP contribution is -2.44. The molecule has 1 aromatic rings. The van der Waals surface area contributed by atoms with Gasteiger partial charge in [-0.05, 0) is 36.1 Å². The number of hydrazine groups is 1. The highest BCUT2D eigenvalue weighted by Crippen LogP contribution is 2.36. The van der Waals surface area contributed by atoms with Gasteiger partial charge in [0.1, 0.15) is 0 Å². The molecule has 0 radical (unpaired) electrons. The van der Waals surface area contributed by atoms with Crippen LogP contribution in [0.4, 0.5) is 0 Å². The minimum absolute atomic E-state index is 0.0846. The van der Waals surface area contributed by atoms with Crippen molar-refractivity contribution in [2.45, 2.75) is 39.8 Å². The van der Waals surface area contributed by atoms with Crippen molar-refractivity contribution in [1.82, 2.24) is 5.43 Å². The van der Waals surface area contributed by atoms with Gasteiger partial charge in [0.2, 0.25) is 0 Å². The lowest BCUT2D eigenvalue weighted by molar-refractivity contribution is -0.0366. The molecule has 0 aliphatic carbocycles. The number of hydrogen-bond acceptors (Lipinski definition) is 3. The summed E-state index contributed by atoms with van der Waals surface area (Å²) in [4.78, 5) is 0. The van der Waals surface area contributed by atoms with Crippen LogP contribution in [-0.4, -0.2) is 12.7 Å². The van der Waals surface area contributed by atoms with Crippen LogP contribution in [0.2, 0.25) is 10.0 Å². The number of ether oxygens (including phenoxy) is 1. The van der Waals surface area contributed by atoms with Gasteiger partial charge in [0.05, 0.1) is 12.1 Å². The van der Waals surface area contributed by atoms with Gasteiger partial charge in [-0.15, -0.1) is 0 Å². The van der Waals surface area contributed by atoms with Crippen molar-refractivity contribution in [1.29, 1.82) is 0 Å². The van der Waals surface area contributed by atoms with Crippen molar-refractivity contribution in [2.75, 3.05) is 6.61 Å². The number of halogens is 2. The molecule has 0 heterocycles. The van der Waals surface area contributed by atoms with E-state index in [1.165, 1.54) is 0 Å². The second-order valence-electron chi connectivity index (χ2n) is 5.55. The van der Waals surface area contributed by atoms with E-state index in [9.17, 15) is 0 Å². The fourth-order valence-corrected chi connectivity index (χ4v) is 2.53. The third-order valence-electron chi connectivity index (χ3n) is 2.98. The fourth-order valence-electron chi connectivity index (χ4n) is 2.12. The predicted molar refractivity (Wildman–Crippen MR) is 81.4 cm³/mol. The molecular weight excluding hydrogens is 283 g/mol. The van der Waals surface area contributed by atoms with E-state index >= 15 is 0 Å². The Kier molecular flexibility index (Phi) is 6.09. The maximum atomic E-state index is 6.25.